The second kappa shape index (κ2) is 9.49. The molecule has 0 spiro atoms. The van der Waals surface area contributed by atoms with Gasteiger partial charge in [0.25, 0.3) is 5.91 Å². The van der Waals surface area contributed by atoms with E-state index in [0.29, 0.717) is 6.54 Å². The number of unbranched alkanes of at least 4 members (excludes halogenated alkanes) is 6. The minimum absolute atomic E-state index is 0.307. The molecule has 0 radical (unpaired) electrons. The summed E-state index contributed by atoms with van der Waals surface area (Å²) in [5.41, 5.74) is -1.19. The lowest BCUT2D eigenvalue weighted by molar-refractivity contribution is -0.137. The summed E-state index contributed by atoms with van der Waals surface area (Å²) in [7, 11) is 0. The van der Waals surface area contributed by atoms with Crippen molar-refractivity contribution in [3.8, 4) is 0 Å². The van der Waals surface area contributed by atoms with E-state index < -0.39 is 17.6 Å². The molecular formula is C17H24F3NO. The highest BCUT2D eigenvalue weighted by Crippen LogP contribution is 2.31. The third-order valence-electron chi connectivity index (χ3n) is 3.54. The molecular weight excluding hydrogens is 291 g/mol. The Bertz CT molecular complexity index is 457. The Morgan fingerprint density at radius 3 is 2.23 bits per heavy atom. The highest BCUT2D eigenvalue weighted by molar-refractivity contribution is 5.95. The van der Waals surface area contributed by atoms with Crippen LogP contribution in [0.2, 0.25) is 0 Å². The first-order valence-corrected chi connectivity index (χ1v) is 7.91. The molecule has 0 saturated heterocycles. The Morgan fingerprint density at radius 1 is 1.00 bits per heavy atom. The first-order valence-electron chi connectivity index (χ1n) is 7.91. The van der Waals surface area contributed by atoms with Crippen molar-refractivity contribution in [2.45, 2.75) is 58.0 Å². The highest BCUT2D eigenvalue weighted by Gasteiger charge is 2.34. The molecule has 0 atom stereocenters. The van der Waals surface area contributed by atoms with Gasteiger partial charge in [-0.1, -0.05) is 57.6 Å². The fourth-order valence-electron chi connectivity index (χ4n) is 2.31. The smallest absolute Gasteiger partial charge is 0.352 e. The van der Waals surface area contributed by atoms with Gasteiger partial charge in [0.05, 0.1) is 11.1 Å². The van der Waals surface area contributed by atoms with E-state index >= 15 is 0 Å². The predicted octanol–water partition coefficient (Wildman–Crippen LogP) is 5.19. The Kier molecular flexibility index (Phi) is 7.99. The predicted molar refractivity (Wildman–Crippen MR) is 81.8 cm³/mol. The average Bonchev–Trinajstić information content (AvgIpc) is 2.49. The number of nitrogens with one attached hydrogen (secondary N) is 1. The molecule has 0 unspecified atom stereocenters. The molecule has 0 aromatic heterocycles. The lowest BCUT2D eigenvalue weighted by Crippen LogP contribution is -2.27. The molecule has 1 rings (SSSR count). The Morgan fingerprint density at radius 2 is 1.59 bits per heavy atom. The molecule has 0 aliphatic heterocycles. The van der Waals surface area contributed by atoms with Gasteiger partial charge >= 0.3 is 6.18 Å². The van der Waals surface area contributed by atoms with Gasteiger partial charge in [-0.3, -0.25) is 4.79 Å². The summed E-state index contributed by atoms with van der Waals surface area (Å²) in [6.45, 7) is 2.58. The Hall–Kier alpha value is -1.52. The van der Waals surface area contributed by atoms with Gasteiger partial charge < -0.3 is 5.32 Å². The zero-order valence-corrected chi connectivity index (χ0v) is 13.0. The van der Waals surface area contributed by atoms with E-state index in [1.165, 1.54) is 43.9 Å². The van der Waals surface area contributed by atoms with Crippen LogP contribution in [0.1, 0.15) is 67.8 Å². The van der Waals surface area contributed by atoms with Crippen LogP contribution in [0.25, 0.3) is 0 Å². The van der Waals surface area contributed by atoms with Crippen molar-refractivity contribution in [3.63, 3.8) is 0 Å². The fraction of sp³-hybridized carbons (Fsp3) is 0.588. The van der Waals surface area contributed by atoms with Crippen LogP contribution in [0.3, 0.4) is 0 Å². The molecule has 1 amide bonds. The molecule has 0 saturated carbocycles. The second-order valence-electron chi connectivity index (χ2n) is 5.42. The van der Waals surface area contributed by atoms with Crippen molar-refractivity contribution in [1.82, 2.24) is 5.32 Å². The van der Waals surface area contributed by atoms with Crippen molar-refractivity contribution in [2.24, 2.45) is 0 Å². The lowest BCUT2D eigenvalue weighted by atomic mass is 10.1. The van der Waals surface area contributed by atoms with Crippen molar-refractivity contribution in [1.29, 1.82) is 0 Å². The number of alkyl halides is 3. The van der Waals surface area contributed by atoms with Gasteiger partial charge in [0.15, 0.2) is 0 Å². The quantitative estimate of drug-likeness (QED) is 0.625. The van der Waals surface area contributed by atoms with E-state index in [-0.39, 0.29) is 5.56 Å². The number of hydrogen-bond acceptors (Lipinski definition) is 1. The molecule has 1 aromatic rings. The number of halogens is 3. The van der Waals surface area contributed by atoms with Gasteiger partial charge in [0.1, 0.15) is 0 Å². The number of benzene rings is 1. The molecule has 22 heavy (non-hydrogen) atoms. The Labute approximate surface area is 130 Å². The zero-order chi connectivity index (χ0) is 16.4. The molecule has 1 N–H and O–H groups in total. The van der Waals surface area contributed by atoms with Crippen LogP contribution in [0.15, 0.2) is 24.3 Å². The second-order valence-corrected chi connectivity index (χ2v) is 5.42. The van der Waals surface area contributed by atoms with Crippen molar-refractivity contribution in [3.05, 3.63) is 35.4 Å². The number of amides is 1. The summed E-state index contributed by atoms with van der Waals surface area (Å²) in [5.74, 6) is -0.654. The largest absolute Gasteiger partial charge is 0.417 e. The molecule has 0 aliphatic rings. The fourth-order valence-corrected chi connectivity index (χ4v) is 2.31. The molecule has 0 bridgehead atoms. The van der Waals surface area contributed by atoms with Crippen LogP contribution in [-0.2, 0) is 6.18 Å². The summed E-state index contributed by atoms with van der Waals surface area (Å²) in [5, 5.41) is 2.57. The van der Waals surface area contributed by atoms with E-state index in [0.717, 1.165) is 25.3 Å². The summed E-state index contributed by atoms with van der Waals surface area (Å²) in [4.78, 5) is 11.9. The molecule has 5 heteroatoms. The van der Waals surface area contributed by atoms with E-state index in [9.17, 15) is 18.0 Å². The average molecular weight is 315 g/mol. The molecule has 1 aromatic carbocycles. The molecule has 0 heterocycles. The minimum atomic E-state index is -4.51. The van der Waals surface area contributed by atoms with Crippen LogP contribution >= 0.6 is 0 Å². The van der Waals surface area contributed by atoms with Gasteiger partial charge in [-0.25, -0.2) is 0 Å². The molecule has 0 aliphatic carbocycles. The third-order valence-corrected chi connectivity index (χ3v) is 3.54. The van der Waals surface area contributed by atoms with Crippen LogP contribution in [0.4, 0.5) is 13.2 Å². The van der Waals surface area contributed by atoms with Crippen molar-refractivity contribution in [2.75, 3.05) is 6.54 Å². The summed E-state index contributed by atoms with van der Waals surface area (Å²) in [6, 6.07) is 4.87. The van der Waals surface area contributed by atoms with Crippen LogP contribution in [-0.4, -0.2) is 12.5 Å². The van der Waals surface area contributed by atoms with Crippen LogP contribution in [0, 0.1) is 0 Å². The van der Waals surface area contributed by atoms with Gasteiger partial charge in [-0.05, 0) is 18.6 Å². The van der Waals surface area contributed by atoms with Crippen molar-refractivity contribution >= 4 is 5.91 Å². The van der Waals surface area contributed by atoms with Crippen LogP contribution < -0.4 is 5.32 Å². The van der Waals surface area contributed by atoms with E-state index in [2.05, 4.69) is 12.2 Å². The summed E-state index contributed by atoms with van der Waals surface area (Å²) < 4.78 is 38.5. The first-order chi connectivity index (χ1) is 10.5. The normalized spacial score (nSPS) is 11.5. The van der Waals surface area contributed by atoms with Crippen molar-refractivity contribution < 1.29 is 18.0 Å². The van der Waals surface area contributed by atoms with Gasteiger partial charge in [0.2, 0.25) is 0 Å². The van der Waals surface area contributed by atoms with Gasteiger partial charge in [-0.15, -0.1) is 0 Å². The Balaban J connectivity index is 2.35. The third kappa shape index (κ3) is 6.50. The standard InChI is InChI=1S/C17H24F3NO/c1-2-3-4-5-6-7-10-13-21-16(22)14-11-8-9-12-15(14)17(18,19)20/h8-9,11-12H,2-7,10,13H2,1H3,(H,21,22). The van der Waals surface area contributed by atoms with Crippen LogP contribution in [0.5, 0.6) is 0 Å². The molecule has 0 fully saturated rings. The number of carbonyl (C=O) groups is 1. The summed E-state index contributed by atoms with van der Waals surface area (Å²) in [6.07, 6.45) is 3.24. The lowest BCUT2D eigenvalue weighted by Gasteiger charge is -2.12. The number of carbonyl (C=O) groups excluding carboxylic acids is 1. The maximum Gasteiger partial charge on any atom is 0.417 e. The zero-order valence-electron chi connectivity index (χ0n) is 13.0. The van der Waals surface area contributed by atoms with E-state index in [1.54, 1.807) is 0 Å². The topological polar surface area (TPSA) is 29.1 Å². The van der Waals surface area contributed by atoms with E-state index in [4.69, 9.17) is 0 Å². The molecule has 2 nitrogen and oxygen atoms in total. The summed E-state index contributed by atoms with van der Waals surface area (Å²) >= 11 is 0. The first kappa shape index (κ1) is 18.5. The van der Waals surface area contributed by atoms with Gasteiger partial charge in [-0.2, -0.15) is 13.2 Å². The number of hydrogen-bond donors (Lipinski definition) is 1. The van der Waals surface area contributed by atoms with Gasteiger partial charge in [0, 0.05) is 6.54 Å². The van der Waals surface area contributed by atoms with E-state index in [1.807, 2.05) is 0 Å². The maximum atomic E-state index is 12.8. The highest BCUT2D eigenvalue weighted by atomic mass is 19.4. The minimum Gasteiger partial charge on any atom is -0.352 e. The maximum absolute atomic E-state index is 12.8. The SMILES string of the molecule is CCCCCCCCCNC(=O)c1ccccc1C(F)(F)F. The molecule has 124 valence electrons. The monoisotopic (exact) mass is 315 g/mol. The number of rotatable bonds is 9.